The maximum atomic E-state index is 12.8. The summed E-state index contributed by atoms with van der Waals surface area (Å²) in [5, 5.41) is 14.9. The Balaban J connectivity index is 1.78. The number of carbonyl (C=O) groups is 1. The van der Waals surface area contributed by atoms with E-state index in [2.05, 4.69) is 33.8 Å². The third-order valence-corrected chi connectivity index (χ3v) is 4.63. The van der Waals surface area contributed by atoms with E-state index in [1.165, 1.54) is 0 Å². The summed E-state index contributed by atoms with van der Waals surface area (Å²) in [6.45, 7) is 5.11. The highest BCUT2D eigenvalue weighted by atomic mass is 16.3. The summed E-state index contributed by atoms with van der Waals surface area (Å²) < 4.78 is 0. The zero-order valence-corrected chi connectivity index (χ0v) is 16.2. The lowest BCUT2D eigenvalue weighted by molar-refractivity contribution is 0.102. The van der Waals surface area contributed by atoms with Crippen LogP contribution in [0.1, 0.15) is 27.2 Å². The van der Waals surface area contributed by atoms with Crippen molar-refractivity contribution in [3.8, 4) is 11.1 Å². The number of aliphatic hydroxyl groups excluding tert-OH is 1. The molecule has 0 saturated heterocycles. The predicted octanol–water partition coefficient (Wildman–Crippen LogP) is 3.70. The van der Waals surface area contributed by atoms with E-state index in [-0.39, 0.29) is 12.5 Å². The number of aryl methyl sites for hydroxylation is 1. The van der Waals surface area contributed by atoms with Crippen LogP contribution in [0, 0.1) is 13.8 Å². The first-order chi connectivity index (χ1) is 13.6. The Morgan fingerprint density at radius 3 is 2.57 bits per heavy atom. The van der Waals surface area contributed by atoms with Gasteiger partial charge in [-0.25, -0.2) is 0 Å². The molecular formula is C23H25N3O2. The zero-order valence-electron chi connectivity index (χ0n) is 16.2. The Morgan fingerprint density at radius 1 is 1.07 bits per heavy atom. The fraction of sp³-hybridized carbons (Fsp3) is 0.217. The van der Waals surface area contributed by atoms with Crippen molar-refractivity contribution >= 4 is 11.6 Å². The highest BCUT2D eigenvalue weighted by Gasteiger charge is 2.14. The van der Waals surface area contributed by atoms with Gasteiger partial charge in [-0.2, -0.15) is 0 Å². The molecule has 0 aliphatic carbocycles. The molecule has 0 aliphatic heterocycles. The first-order valence-electron chi connectivity index (χ1n) is 9.33. The number of aromatic nitrogens is 1. The van der Waals surface area contributed by atoms with Crippen molar-refractivity contribution in [1.29, 1.82) is 0 Å². The number of carbonyl (C=O) groups excluding carboxylic acids is 1. The van der Waals surface area contributed by atoms with Gasteiger partial charge in [0.1, 0.15) is 5.69 Å². The average Bonchev–Trinajstić information content (AvgIpc) is 2.70. The van der Waals surface area contributed by atoms with Gasteiger partial charge in [0, 0.05) is 25.0 Å². The lowest BCUT2D eigenvalue weighted by Crippen LogP contribution is -2.19. The lowest BCUT2D eigenvalue weighted by Gasteiger charge is -2.14. The van der Waals surface area contributed by atoms with Crippen molar-refractivity contribution < 1.29 is 9.90 Å². The molecule has 0 saturated carbocycles. The molecule has 0 radical (unpaired) electrons. The molecule has 1 amide bonds. The van der Waals surface area contributed by atoms with E-state index in [1.807, 2.05) is 50.2 Å². The largest absolute Gasteiger partial charge is 0.395 e. The van der Waals surface area contributed by atoms with Crippen molar-refractivity contribution in [3.05, 3.63) is 83.2 Å². The molecule has 1 aromatic heterocycles. The number of hydrogen-bond donors (Lipinski definition) is 3. The molecule has 3 aromatic rings. The number of pyridine rings is 1. The van der Waals surface area contributed by atoms with E-state index in [0.717, 1.165) is 33.5 Å². The fourth-order valence-electron chi connectivity index (χ4n) is 3.16. The number of anilines is 1. The number of nitrogens with one attached hydrogen (secondary N) is 2. The van der Waals surface area contributed by atoms with Gasteiger partial charge in [0.15, 0.2) is 0 Å². The molecule has 0 bridgehead atoms. The third-order valence-electron chi connectivity index (χ3n) is 4.63. The second-order valence-corrected chi connectivity index (χ2v) is 6.71. The summed E-state index contributed by atoms with van der Waals surface area (Å²) in [6.07, 6.45) is 1.69. The molecular weight excluding hydrogens is 350 g/mol. The molecule has 5 nitrogen and oxygen atoms in total. The SMILES string of the molecule is Cc1cc(CNCCO)cnc1C(=O)Nc1cccc(-c2ccccc2)c1C. The van der Waals surface area contributed by atoms with Crippen LogP contribution in [0.25, 0.3) is 11.1 Å². The summed E-state index contributed by atoms with van der Waals surface area (Å²) in [6, 6.07) is 18.0. The highest BCUT2D eigenvalue weighted by Crippen LogP contribution is 2.28. The van der Waals surface area contributed by atoms with Gasteiger partial charge in [-0.1, -0.05) is 48.5 Å². The van der Waals surface area contributed by atoms with E-state index >= 15 is 0 Å². The zero-order chi connectivity index (χ0) is 19.9. The van der Waals surface area contributed by atoms with Crippen molar-refractivity contribution in [2.45, 2.75) is 20.4 Å². The molecule has 144 valence electrons. The normalized spacial score (nSPS) is 10.7. The van der Waals surface area contributed by atoms with E-state index in [9.17, 15) is 4.79 Å². The maximum absolute atomic E-state index is 12.8. The first-order valence-corrected chi connectivity index (χ1v) is 9.33. The molecule has 0 spiro atoms. The van der Waals surface area contributed by atoms with Crippen molar-refractivity contribution in [3.63, 3.8) is 0 Å². The van der Waals surface area contributed by atoms with Crippen LogP contribution in [0.5, 0.6) is 0 Å². The fourth-order valence-corrected chi connectivity index (χ4v) is 3.16. The number of nitrogens with zero attached hydrogens (tertiary/aromatic N) is 1. The molecule has 28 heavy (non-hydrogen) atoms. The summed E-state index contributed by atoms with van der Waals surface area (Å²) in [5.74, 6) is -0.222. The van der Waals surface area contributed by atoms with Gasteiger partial charge in [-0.3, -0.25) is 9.78 Å². The molecule has 0 unspecified atom stereocenters. The van der Waals surface area contributed by atoms with Crippen LogP contribution in [0.15, 0.2) is 60.8 Å². The minimum atomic E-state index is -0.222. The van der Waals surface area contributed by atoms with Crippen molar-refractivity contribution in [1.82, 2.24) is 10.3 Å². The van der Waals surface area contributed by atoms with E-state index < -0.39 is 0 Å². The van der Waals surface area contributed by atoms with Crippen molar-refractivity contribution in [2.75, 3.05) is 18.5 Å². The minimum Gasteiger partial charge on any atom is -0.395 e. The molecule has 0 fully saturated rings. The number of rotatable bonds is 7. The third kappa shape index (κ3) is 4.63. The summed E-state index contributed by atoms with van der Waals surface area (Å²) >= 11 is 0. The van der Waals surface area contributed by atoms with Gasteiger partial charge < -0.3 is 15.7 Å². The maximum Gasteiger partial charge on any atom is 0.274 e. The molecule has 0 atom stereocenters. The van der Waals surface area contributed by atoms with E-state index in [4.69, 9.17) is 5.11 Å². The summed E-state index contributed by atoms with van der Waals surface area (Å²) in [5.41, 5.74) is 6.21. The standard InChI is InChI=1S/C23H25N3O2/c1-16-13-18(14-24-11-12-27)15-25-22(16)23(28)26-21-10-6-9-20(17(21)2)19-7-4-3-5-8-19/h3-10,13,15,24,27H,11-12,14H2,1-2H3,(H,26,28). The summed E-state index contributed by atoms with van der Waals surface area (Å²) in [4.78, 5) is 17.1. The number of benzene rings is 2. The van der Waals surface area contributed by atoms with Gasteiger partial charge in [0.05, 0.1) is 6.61 Å². The van der Waals surface area contributed by atoms with Gasteiger partial charge >= 0.3 is 0 Å². The minimum absolute atomic E-state index is 0.0916. The van der Waals surface area contributed by atoms with Crippen LogP contribution in [0.4, 0.5) is 5.69 Å². The Bertz CT molecular complexity index is 955. The van der Waals surface area contributed by atoms with Crippen LogP contribution >= 0.6 is 0 Å². The smallest absolute Gasteiger partial charge is 0.274 e. The van der Waals surface area contributed by atoms with Crippen LogP contribution in [-0.2, 0) is 6.54 Å². The van der Waals surface area contributed by atoms with Gasteiger partial charge in [-0.05, 0) is 47.7 Å². The average molecular weight is 375 g/mol. The van der Waals surface area contributed by atoms with Gasteiger partial charge in [0.2, 0.25) is 0 Å². The topological polar surface area (TPSA) is 74.2 Å². The highest BCUT2D eigenvalue weighted by molar-refractivity contribution is 6.04. The Hall–Kier alpha value is -3.02. The van der Waals surface area contributed by atoms with Gasteiger partial charge in [-0.15, -0.1) is 0 Å². The Kier molecular flexibility index (Phi) is 6.53. The van der Waals surface area contributed by atoms with Crippen molar-refractivity contribution in [2.24, 2.45) is 0 Å². The molecule has 1 heterocycles. The Morgan fingerprint density at radius 2 is 1.86 bits per heavy atom. The van der Waals surface area contributed by atoms with E-state index in [1.54, 1.807) is 6.20 Å². The molecule has 2 aromatic carbocycles. The van der Waals surface area contributed by atoms with Crippen LogP contribution < -0.4 is 10.6 Å². The number of aliphatic hydroxyl groups is 1. The quantitative estimate of drug-likeness (QED) is 0.551. The van der Waals surface area contributed by atoms with E-state index in [0.29, 0.717) is 18.8 Å². The Labute approximate surface area is 165 Å². The predicted molar refractivity (Wildman–Crippen MR) is 112 cm³/mol. The van der Waals surface area contributed by atoms with Gasteiger partial charge in [0.25, 0.3) is 5.91 Å². The first kappa shape index (κ1) is 19.7. The van der Waals surface area contributed by atoms with Crippen LogP contribution in [0.3, 0.4) is 0 Å². The number of amides is 1. The molecule has 0 aliphatic rings. The second kappa shape index (κ2) is 9.26. The van der Waals surface area contributed by atoms with Crippen LogP contribution in [0.2, 0.25) is 0 Å². The van der Waals surface area contributed by atoms with Crippen LogP contribution in [-0.4, -0.2) is 29.1 Å². The molecule has 3 rings (SSSR count). The number of hydrogen-bond acceptors (Lipinski definition) is 4. The monoisotopic (exact) mass is 375 g/mol. The molecule has 5 heteroatoms. The molecule has 3 N–H and O–H groups in total. The second-order valence-electron chi connectivity index (χ2n) is 6.71. The lowest BCUT2D eigenvalue weighted by atomic mass is 9.99. The summed E-state index contributed by atoms with van der Waals surface area (Å²) in [7, 11) is 0.